The summed E-state index contributed by atoms with van der Waals surface area (Å²) in [6, 6.07) is 1.08. The first-order chi connectivity index (χ1) is 8.09. The van der Waals surface area contributed by atoms with Gasteiger partial charge in [-0.1, -0.05) is 5.46 Å². The number of carbonyl (C=O) groups excluding carboxylic acids is 1. The number of ether oxygens (including phenoxy) is 1. The van der Waals surface area contributed by atoms with Gasteiger partial charge in [0.15, 0.2) is 0 Å². The first-order valence-electron chi connectivity index (χ1n) is 5.23. The molecular formula is C10H13BF3KN2O2. The largest absolute Gasteiger partial charge is 1.00 e. The zero-order chi connectivity index (χ0) is 14.0. The molecule has 0 saturated carbocycles. The average molecular weight is 300 g/mol. The molecule has 1 aromatic heterocycles. The normalized spacial score (nSPS) is 11.5. The van der Waals surface area contributed by atoms with E-state index in [2.05, 4.69) is 10.3 Å². The van der Waals surface area contributed by atoms with Gasteiger partial charge in [0.1, 0.15) is 5.60 Å². The van der Waals surface area contributed by atoms with Gasteiger partial charge in [0.25, 0.3) is 0 Å². The van der Waals surface area contributed by atoms with Gasteiger partial charge in [-0.2, -0.15) is 0 Å². The van der Waals surface area contributed by atoms with Crippen molar-refractivity contribution in [3.63, 3.8) is 0 Å². The molecular weight excluding hydrogens is 287 g/mol. The number of hydrogen-bond donors (Lipinski definition) is 1. The van der Waals surface area contributed by atoms with E-state index < -0.39 is 24.1 Å². The second-order valence-corrected chi connectivity index (χ2v) is 4.66. The van der Waals surface area contributed by atoms with E-state index in [4.69, 9.17) is 4.74 Å². The van der Waals surface area contributed by atoms with Crippen molar-refractivity contribution in [2.45, 2.75) is 26.4 Å². The number of amides is 1. The van der Waals surface area contributed by atoms with Crippen LogP contribution in [-0.4, -0.2) is 23.7 Å². The number of nitrogens with zero attached hydrogens (tertiary/aromatic N) is 1. The summed E-state index contributed by atoms with van der Waals surface area (Å²) in [7, 11) is 0. The van der Waals surface area contributed by atoms with Crippen LogP contribution in [0.4, 0.5) is 23.4 Å². The Morgan fingerprint density at radius 1 is 1.37 bits per heavy atom. The maximum absolute atomic E-state index is 12.7. The van der Waals surface area contributed by atoms with Gasteiger partial charge in [-0.05, 0) is 26.8 Å². The molecule has 1 N–H and O–H groups in total. The van der Waals surface area contributed by atoms with E-state index in [-0.39, 0.29) is 57.1 Å². The van der Waals surface area contributed by atoms with Crippen LogP contribution in [-0.2, 0) is 4.74 Å². The molecule has 0 fully saturated rings. The first kappa shape index (κ1) is 18.9. The van der Waals surface area contributed by atoms with Crippen molar-refractivity contribution in [2.75, 3.05) is 5.32 Å². The van der Waals surface area contributed by atoms with Crippen LogP contribution in [0.1, 0.15) is 20.8 Å². The molecule has 0 aromatic carbocycles. The number of hydrogen-bond acceptors (Lipinski definition) is 3. The van der Waals surface area contributed by atoms with Crippen LogP contribution in [0.2, 0.25) is 0 Å². The number of halogens is 3. The molecule has 19 heavy (non-hydrogen) atoms. The number of nitrogens with one attached hydrogen (secondary N) is 1. The van der Waals surface area contributed by atoms with E-state index in [1.165, 1.54) is 0 Å². The van der Waals surface area contributed by atoms with E-state index in [1.807, 2.05) is 0 Å². The number of anilines is 1. The van der Waals surface area contributed by atoms with Gasteiger partial charge >= 0.3 is 64.5 Å². The van der Waals surface area contributed by atoms with Crippen LogP contribution in [0, 0.1) is 0 Å². The standard InChI is InChI=1S/C10H13BF3N2O2.K/c1-10(2,3)18-9(17)16-8-4-5-15-6-7(8)11(12,13)14;/h4-6H,1-3H3,(H,15,16,17);/q-1;+1. The summed E-state index contributed by atoms with van der Waals surface area (Å²) < 4.78 is 42.9. The topological polar surface area (TPSA) is 51.2 Å². The van der Waals surface area contributed by atoms with Crippen LogP contribution in [0.5, 0.6) is 0 Å². The van der Waals surface area contributed by atoms with Crippen molar-refractivity contribution < 1.29 is 73.9 Å². The summed E-state index contributed by atoms with van der Waals surface area (Å²) in [5.41, 5.74) is -2.09. The summed E-state index contributed by atoms with van der Waals surface area (Å²) in [5.74, 6) is 0. The summed E-state index contributed by atoms with van der Waals surface area (Å²) in [6.45, 7) is -0.381. The minimum Gasteiger partial charge on any atom is -0.445 e. The van der Waals surface area contributed by atoms with Gasteiger partial charge in [-0.25, -0.2) is 4.79 Å². The summed E-state index contributed by atoms with van der Waals surface area (Å²) in [4.78, 5) is 14.8. The molecule has 0 spiro atoms. The molecule has 0 saturated heterocycles. The molecule has 4 nitrogen and oxygen atoms in total. The molecule has 1 aromatic rings. The molecule has 0 unspecified atom stereocenters. The van der Waals surface area contributed by atoms with Crippen LogP contribution in [0.3, 0.4) is 0 Å². The molecule has 0 atom stereocenters. The Labute approximate surface area is 152 Å². The smallest absolute Gasteiger partial charge is 0.445 e. The third kappa shape index (κ3) is 6.75. The Kier molecular flexibility index (Phi) is 7.04. The molecule has 0 aliphatic rings. The minimum atomic E-state index is -5.24. The number of aromatic nitrogens is 1. The van der Waals surface area contributed by atoms with Crippen molar-refractivity contribution in [2.24, 2.45) is 0 Å². The second-order valence-electron chi connectivity index (χ2n) is 4.66. The third-order valence-corrected chi connectivity index (χ3v) is 1.84. The molecule has 100 valence electrons. The monoisotopic (exact) mass is 300 g/mol. The Hall–Kier alpha value is -0.0887. The average Bonchev–Trinajstić information content (AvgIpc) is 2.13. The first-order valence-corrected chi connectivity index (χ1v) is 5.23. The molecule has 0 aliphatic carbocycles. The molecule has 0 aliphatic heterocycles. The van der Waals surface area contributed by atoms with Gasteiger partial charge in [-0.3, -0.25) is 10.3 Å². The minimum absolute atomic E-state index is 0. The van der Waals surface area contributed by atoms with Crippen LogP contribution in [0.15, 0.2) is 18.5 Å². The fourth-order valence-corrected chi connectivity index (χ4v) is 1.19. The Bertz CT molecular complexity index is 449. The van der Waals surface area contributed by atoms with E-state index in [1.54, 1.807) is 20.8 Å². The Balaban J connectivity index is 0.00000324. The summed E-state index contributed by atoms with van der Waals surface area (Å²) >= 11 is 0. The van der Waals surface area contributed by atoms with Crippen LogP contribution >= 0.6 is 0 Å². The van der Waals surface area contributed by atoms with Crippen molar-refractivity contribution in [1.82, 2.24) is 4.98 Å². The van der Waals surface area contributed by atoms with E-state index in [0.29, 0.717) is 6.20 Å². The predicted octanol–water partition coefficient (Wildman–Crippen LogP) is -0.513. The van der Waals surface area contributed by atoms with E-state index in [9.17, 15) is 17.7 Å². The molecule has 1 heterocycles. The van der Waals surface area contributed by atoms with Gasteiger partial charge in [-0.15, -0.1) is 0 Å². The van der Waals surface area contributed by atoms with Gasteiger partial charge in [0, 0.05) is 18.1 Å². The van der Waals surface area contributed by atoms with Crippen molar-refractivity contribution in [1.29, 1.82) is 0 Å². The molecule has 1 rings (SSSR count). The molecule has 0 bridgehead atoms. The molecule has 1 amide bonds. The third-order valence-electron chi connectivity index (χ3n) is 1.84. The quantitative estimate of drug-likeness (QED) is 0.748. The maximum Gasteiger partial charge on any atom is 1.00 e. The predicted molar refractivity (Wildman–Crippen MR) is 62.8 cm³/mol. The van der Waals surface area contributed by atoms with Crippen molar-refractivity contribution >= 4 is 24.2 Å². The van der Waals surface area contributed by atoms with Gasteiger partial charge < -0.3 is 17.7 Å². The van der Waals surface area contributed by atoms with Gasteiger partial charge in [0.2, 0.25) is 0 Å². The Morgan fingerprint density at radius 2 is 1.95 bits per heavy atom. The summed E-state index contributed by atoms with van der Waals surface area (Å²) in [5, 5.41) is 2.07. The van der Waals surface area contributed by atoms with Crippen molar-refractivity contribution in [3.05, 3.63) is 18.5 Å². The van der Waals surface area contributed by atoms with E-state index in [0.717, 1.165) is 12.3 Å². The van der Waals surface area contributed by atoms with Crippen molar-refractivity contribution in [3.8, 4) is 0 Å². The van der Waals surface area contributed by atoms with Gasteiger partial charge in [0.05, 0.1) is 0 Å². The van der Waals surface area contributed by atoms with E-state index >= 15 is 0 Å². The zero-order valence-electron chi connectivity index (χ0n) is 11.2. The SMILES string of the molecule is CC(C)(C)OC(=O)Nc1ccncc1[B-](F)(F)F.[K+]. The number of rotatable bonds is 2. The van der Waals surface area contributed by atoms with Crippen LogP contribution in [0.25, 0.3) is 0 Å². The molecule has 0 radical (unpaired) electrons. The Morgan fingerprint density at radius 3 is 2.42 bits per heavy atom. The maximum atomic E-state index is 12.7. The summed E-state index contributed by atoms with van der Waals surface area (Å²) in [6.07, 6.45) is 0.903. The fraction of sp³-hybridized carbons (Fsp3) is 0.400. The van der Waals surface area contributed by atoms with Crippen LogP contribution < -0.4 is 62.2 Å². The second kappa shape index (κ2) is 7.07. The number of carbonyl (C=O) groups is 1. The zero-order valence-corrected chi connectivity index (χ0v) is 14.3. The fourth-order valence-electron chi connectivity index (χ4n) is 1.19. The molecule has 9 heteroatoms. The number of pyridine rings is 1.